The molecule has 1 aliphatic heterocycles. The summed E-state index contributed by atoms with van der Waals surface area (Å²) in [5, 5.41) is 10.5. The Labute approximate surface area is 156 Å². The number of nitrogens with zero attached hydrogens (tertiary/aromatic N) is 3. The van der Waals surface area contributed by atoms with E-state index in [9.17, 15) is 19.3 Å². The molecule has 0 saturated carbocycles. The van der Waals surface area contributed by atoms with Crippen molar-refractivity contribution in [3.63, 3.8) is 0 Å². The fourth-order valence-electron chi connectivity index (χ4n) is 1.80. The largest absolute Gasteiger partial charge is 0.466 e. The van der Waals surface area contributed by atoms with Crippen LogP contribution in [0.2, 0.25) is 5.02 Å². The molecule has 0 bridgehead atoms. The van der Waals surface area contributed by atoms with Crippen LogP contribution in [0.3, 0.4) is 0 Å². The molecule has 1 fully saturated rings. The van der Waals surface area contributed by atoms with Gasteiger partial charge in [-0.1, -0.05) is 31.9 Å². The summed E-state index contributed by atoms with van der Waals surface area (Å²) in [5.74, 6) is -1.53. The van der Waals surface area contributed by atoms with Gasteiger partial charge in [0, 0.05) is 6.07 Å². The van der Waals surface area contributed by atoms with Crippen LogP contribution in [-0.2, 0) is 4.74 Å². The van der Waals surface area contributed by atoms with Gasteiger partial charge in [0.1, 0.15) is 16.7 Å². The summed E-state index contributed by atoms with van der Waals surface area (Å²) in [4.78, 5) is 26.6. The minimum atomic E-state index is -1.06. The Kier molecular flexibility index (Phi) is 7.55. The summed E-state index contributed by atoms with van der Waals surface area (Å²) < 4.78 is 23.8. The first-order valence-corrected chi connectivity index (χ1v) is 8.51. The van der Waals surface area contributed by atoms with Crippen molar-refractivity contribution in [2.45, 2.75) is 52.7 Å². The van der Waals surface area contributed by atoms with Crippen LogP contribution in [-0.4, -0.2) is 45.7 Å². The van der Waals surface area contributed by atoms with Gasteiger partial charge in [0.15, 0.2) is 0 Å². The minimum absolute atomic E-state index is 0.165. The zero-order chi connectivity index (χ0) is 20.1. The van der Waals surface area contributed by atoms with Crippen molar-refractivity contribution >= 4 is 23.4 Å². The van der Waals surface area contributed by atoms with E-state index in [1.165, 1.54) is 11.3 Å². The molecule has 0 N–H and O–H groups in total. The molecule has 0 spiro atoms. The van der Waals surface area contributed by atoms with Crippen LogP contribution >= 0.6 is 11.6 Å². The average molecular weight is 392 g/mol. The molecule has 0 aliphatic carbocycles. The standard InChI is InChI=1S/C13H15ClFN3O5.C3H8/c1-13(2,3)23-12(19)17-5-7(6-17)22-11-9(18(20)21)4-8(14)10(15)16-11;1-3-2/h4,7H,5-6H2,1-3H3;3H2,1-2H3. The van der Waals surface area contributed by atoms with Crippen molar-refractivity contribution in [1.82, 2.24) is 9.88 Å². The first kappa shape index (κ1) is 21.9. The normalized spacial score (nSPS) is 14.0. The van der Waals surface area contributed by atoms with Gasteiger partial charge < -0.3 is 14.4 Å². The highest BCUT2D eigenvalue weighted by Gasteiger charge is 2.37. The summed E-state index contributed by atoms with van der Waals surface area (Å²) in [5.41, 5.74) is -1.16. The summed E-state index contributed by atoms with van der Waals surface area (Å²) in [6.07, 6.45) is 0.205. The number of hydrogen-bond acceptors (Lipinski definition) is 6. The number of likely N-dealkylation sites (tertiary alicyclic amines) is 1. The van der Waals surface area contributed by atoms with Crippen molar-refractivity contribution in [3.05, 3.63) is 27.2 Å². The van der Waals surface area contributed by atoms with E-state index in [-0.39, 0.29) is 13.1 Å². The molecule has 2 heterocycles. The van der Waals surface area contributed by atoms with Gasteiger partial charge in [-0.25, -0.2) is 4.79 Å². The summed E-state index contributed by atoms with van der Waals surface area (Å²) in [6.45, 7) is 9.79. The minimum Gasteiger partial charge on any atom is -0.466 e. The smallest absolute Gasteiger partial charge is 0.410 e. The number of halogens is 2. The molecule has 1 aromatic heterocycles. The maximum absolute atomic E-state index is 13.4. The van der Waals surface area contributed by atoms with Gasteiger partial charge in [-0.3, -0.25) is 10.1 Å². The molecule has 1 amide bonds. The number of rotatable bonds is 3. The lowest BCUT2D eigenvalue weighted by atomic mass is 10.1. The van der Waals surface area contributed by atoms with Crippen molar-refractivity contribution in [3.8, 4) is 5.88 Å². The number of amides is 1. The lowest BCUT2D eigenvalue weighted by Crippen LogP contribution is -2.57. The van der Waals surface area contributed by atoms with Gasteiger partial charge in [0.05, 0.1) is 18.0 Å². The van der Waals surface area contributed by atoms with Gasteiger partial charge in [-0.05, 0) is 20.8 Å². The Morgan fingerprint density at radius 3 is 2.46 bits per heavy atom. The predicted octanol–water partition coefficient (Wildman–Crippen LogP) is 4.20. The third kappa shape index (κ3) is 6.29. The van der Waals surface area contributed by atoms with Crippen LogP contribution in [0.25, 0.3) is 0 Å². The highest BCUT2D eigenvalue weighted by Crippen LogP contribution is 2.31. The number of carbonyl (C=O) groups excluding carboxylic acids is 1. The summed E-state index contributed by atoms with van der Waals surface area (Å²) in [7, 11) is 0. The van der Waals surface area contributed by atoms with Gasteiger partial charge >= 0.3 is 11.8 Å². The second-order valence-electron chi connectivity index (χ2n) is 6.67. The van der Waals surface area contributed by atoms with Crippen LogP contribution in [0.5, 0.6) is 5.88 Å². The van der Waals surface area contributed by atoms with E-state index >= 15 is 0 Å². The van der Waals surface area contributed by atoms with E-state index in [1.807, 2.05) is 0 Å². The molecule has 10 heteroatoms. The highest BCUT2D eigenvalue weighted by atomic mass is 35.5. The van der Waals surface area contributed by atoms with E-state index < -0.39 is 45.3 Å². The third-order valence-electron chi connectivity index (χ3n) is 2.85. The van der Waals surface area contributed by atoms with Crippen LogP contribution in [0, 0.1) is 16.1 Å². The molecule has 0 radical (unpaired) electrons. The fraction of sp³-hybridized carbons (Fsp3) is 0.625. The molecule has 1 saturated heterocycles. The molecule has 8 nitrogen and oxygen atoms in total. The fourth-order valence-corrected chi connectivity index (χ4v) is 1.95. The van der Waals surface area contributed by atoms with E-state index in [1.54, 1.807) is 20.8 Å². The predicted molar refractivity (Wildman–Crippen MR) is 94.0 cm³/mol. The number of pyridine rings is 1. The lowest BCUT2D eigenvalue weighted by molar-refractivity contribution is -0.386. The van der Waals surface area contributed by atoms with Crippen LogP contribution in [0.4, 0.5) is 14.9 Å². The number of ether oxygens (including phenoxy) is 2. The number of carbonyl (C=O) groups is 1. The SMILES string of the molecule is CC(C)(C)OC(=O)N1CC(Oc2nc(F)c(Cl)cc2[N+](=O)[O-])C1.CCC. The molecule has 0 atom stereocenters. The first-order valence-electron chi connectivity index (χ1n) is 8.13. The monoisotopic (exact) mass is 391 g/mol. The van der Waals surface area contributed by atoms with Crippen LogP contribution in [0.15, 0.2) is 6.07 Å². The molecular weight excluding hydrogens is 369 g/mol. The zero-order valence-corrected chi connectivity index (χ0v) is 16.2. The highest BCUT2D eigenvalue weighted by molar-refractivity contribution is 6.30. The average Bonchev–Trinajstić information content (AvgIpc) is 2.44. The van der Waals surface area contributed by atoms with E-state index in [4.69, 9.17) is 21.1 Å². The van der Waals surface area contributed by atoms with E-state index in [0.29, 0.717) is 0 Å². The molecule has 146 valence electrons. The second kappa shape index (κ2) is 8.98. The Morgan fingerprint density at radius 2 is 2.00 bits per heavy atom. The molecule has 1 aromatic rings. The molecular formula is C16H23ClFN3O5. The Bertz CT molecular complexity index is 660. The Balaban J connectivity index is 0.00000105. The zero-order valence-electron chi connectivity index (χ0n) is 15.4. The van der Waals surface area contributed by atoms with E-state index in [0.717, 1.165) is 6.07 Å². The van der Waals surface area contributed by atoms with Crippen molar-refractivity contribution in [2.24, 2.45) is 0 Å². The van der Waals surface area contributed by atoms with Crippen LogP contribution < -0.4 is 4.74 Å². The quantitative estimate of drug-likeness (QED) is 0.435. The number of nitro groups is 1. The Hall–Kier alpha value is -2.16. The number of aromatic nitrogens is 1. The Morgan fingerprint density at radius 1 is 1.46 bits per heavy atom. The summed E-state index contributed by atoms with van der Waals surface area (Å²) >= 11 is 5.47. The molecule has 2 rings (SSSR count). The molecule has 26 heavy (non-hydrogen) atoms. The third-order valence-corrected chi connectivity index (χ3v) is 3.12. The molecule has 0 unspecified atom stereocenters. The van der Waals surface area contributed by atoms with Gasteiger partial charge in [0.25, 0.3) is 5.88 Å². The van der Waals surface area contributed by atoms with Gasteiger partial charge in [-0.2, -0.15) is 9.37 Å². The maximum atomic E-state index is 13.4. The van der Waals surface area contributed by atoms with Crippen LogP contribution in [0.1, 0.15) is 41.0 Å². The summed E-state index contributed by atoms with van der Waals surface area (Å²) in [6, 6.07) is 0.837. The van der Waals surface area contributed by atoms with Gasteiger partial charge in [-0.15, -0.1) is 0 Å². The van der Waals surface area contributed by atoms with Crippen molar-refractivity contribution in [1.29, 1.82) is 0 Å². The lowest BCUT2D eigenvalue weighted by Gasteiger charge is -2.38. The molecule has 0 aromatic carbocycles. The topological polar surface area (TPSA) is 94.8 Å². The van der Waals surface area contributed by atoms with Crippen molar-refractivity contribution < 1.29 is 23.6 Å². The second-order valence-corrected chi connectivity index (χ2v) is 7.08. The van der Waals surface area contributed by atoms with Gasteiger partial charge in [0.2, 0.25) is 5.95 Å². The maximum Gasteiger partial charge on any atom is 0.410 e. The van der Waals surface area contributed by atoms with Crippen molar-refractivity contribution in [2.75, 3.05) is 13.1 Å². The molecule has 1 aliphatic rings. The first-order chi connectivity index (χ1) is 12.0. The number of hydrogen-bond donors (Lipinski definition) is 0. The van der Waals surface area contributed by atoms with E-state index in [2.05, 4.69) is 18.8 Å².